The van der Waals surface area contributed by atoms with E-state index in [2.05, 4.69) is 5.32 Å². The van der Waals surface area contributed by atoms with Gasteiger partial charge in [0.1, 0.15) is 11.9 Å². The molecule has 1 N–H and O–H groups in total. The van der Waals surface area contributed by atoms with Crippen LogP contribution in [-0.4, -0.2) is 24.4 Å². The molecule has 0 bridgehead atoms. The molecule has 0 saturated carbocycles. The van der Waals surface area contributed by atoms with Crippen molar-refractivity contribution < 1.29 is 14.0 Å². The zero-order chi connectivity index (χ0) is 12.4. The minimum atomic E-state index is -0.621. The number of carbonyl (C=O) groups excluding carboxylic acids is 2. The van der Waals surface area contributed by atoms with Crippen LogP contribution in [0.5, 0.6) is 0 Å². The lowest BCUT2D eigenvalue weighted by molar-refractivity contribution is -0.125. The van der Waals surface area contributed by atoms with Gasteiger partial charge in [-0.1, -0.05) is 12.1 Å². The maximum Gasteiger partial charge on any atom is 0.249 e. The standard InChI is InChI=1S/C12H13FN2O2/c1-8-12(17)15(7-6-11(16)14-8)10-5-3-2-4-9(10)13/h2-5,8H,6-7H2,1H3,(H,14,16). The molecule has 1 unspecified atom stereocenters. The molecule has 0 aromatic heterocycles. The van der Waals surface area contributed by atoms with Gasteiger partial charge in [0.05, 0.1) is 5.69 Å². The Balaban J connectivity index is 2.34. The van der Waals surface area contributed by atoms with E-state index in [1.807, 2.05) is 0 Å². The van der Waals surface area contributed by atoms with Crippen molar-refractivity contribution in [2.75, 3.05) is 11.4 Å². The van der Waals surface area contributed by atoms with E-state index in [-0.39, 0.29) is 30.5 Å². The predicted molar refractivity (Wildman–Crippen MR) is 61.0 cm³/mol. The smallest absolute Gasteiger partial charge is 0.249 e. The molecule has 1 saturated heterocycles. The van der Waals surface area contributed by atoms with E-state index in [9.17, 15) is 14.0 Å². The highest BCUT2D eigenvalue weighted by Gasteiger charge is 2.28. The average molecular weight is 236 g/mol. The van der Waals surface area contributed by atoms with Gasteiger partial charge in [-0.25, -0.2) is 4.39 Å². The van der Waals surface area contributed by atoms with Crippen molar-refractivity contribution in [3.05, 3.63) is 30.1 Å². The van der Waals surface area contributed by atoms with Crippen molar-refractivity contribution in [1.29, 1.82) is 0 Å². The number of benzene rings is 1. The van der Waals surface area contributed by atoms with E-state index in [1.165, 1.54) is 17.0 Å². The number of amides is 2. The highest BCUT2D eigenvalue weighted by Crippen LogP contribution is 2.20. The molecule has 0 aliphatic carbocycles. The third-order valence-electron chi connectivity index (χ3n) is 2.72. The molecule has 0 radical (unpaired) electrons. The summed E-state index contributed by atoms with van der Waals surface area (Å²) in [5.74, 6) is -0.937. The van der Waals surface area contributed by atoms with Crippen molar-refractivity contribution in [3.63, 3.8) is 0 Å². The molecule has 90 valence electrons. The first kappa shape index (κ1) is 11.6. The number of hydrogen-bond donors (Lipinski definition) is 1. The van der Waals surface area contributed by atoms with E-state index in [0.29, 0.717) is 0 Å². The summed E-state index contributed by atoms with van der Waals surface area (Å²) in [6, 6.07) is 5.44. The average Bonchev–Trinajstić information content (AvgIpc) is 2.41. The van der Waals surface area contributed by atoms with Crippen LogP contribution in [0.3, 0.4) is 0 Å². The van der Waals surface area contributed by atoms with Gasteiger partial charge in [-0.15, -0.1) is 0 Å². The van der Waals surface area contributed by atoms with E-state index >= 15 is 0 Å². The van der Waals surface area contributed by atoms with E-state index in [1.54, 1.807) is 19.1 Å². The summed E-state index contributed by atoms with van der Waals surface area (Å²) in [7, 11) is 0. The number of nitrogens with zero attached hydrogens (tertiary/aromatic N) is 1. The van der Waals surface area contributed by atoms with Gasteiger partial charge in [0, 0.05) is 13.0 Å². The van der Waals surface area contributed by atoms with Gasteiger partial charge in [-0.3, -0.25) is 9.59 Å². The lowest BCUT2D eigenvalue weighted by Gasteiger charge is -2.22. The number of rotatable bonds is 1. The van der Waals surface area contributed by atoms with Crippen molar-refractivity contribution in [2.45, 2.75) is 19.4 Å². The molecule has 1 aliphatic rings. The molecular weight excluding hydrogens is 223 g/mol. The second-order valence-corrected chi connectivity index (χ2v) is 3.98. The monoisotopic (exact) mass is 236 g/mol. The summed E-state index contributed by atoms with van der Waals surface area (Å²) in [4.78, 5) is 24.6. The summed E-state index contributed by atoms with van der Waals surface area (Å²) in [5, 5.41) is 2.56. The molecule has 4 nitrogen and oxygen atoms in total. The number of hydrogen-bond acceptors (Lipinski definition) is 2. The van der Waals surface area contributed by atoms with E-state index < -0.39 is 11.9 Å². The van der Waals surface area contributed by atoms with Crippen molar-refractivity contribution in [3.8, 4) is 0 Å². The SMILES string of the molecule is CC1NC(=O)CCN(c2ccccc2F)C1=O. The third kappa shape index (κ3) is 2.27. The fraction of sp³-hybridized carbons (Fsp3) is 0.333. The maximum atomic E-state index is 13.6. The Kier molecular flexibility index (Phi) is 3.08. The normalized spacial score (nSPS) is 21.1. The lowest BCUT2D eigenvalue weighted by atomic mass is 10.2. The van der Waals surface area contributed by atoms with Gasteiger partial charge in [0.15, 0.2) is 0 Å². The van der Waals surface area contributed by atoms with Crippen LogP contribution in [0.25, 0.3) is 0 Å². The van der Waals surface area contributed by atoms with E-state index in [4.69, 9.17) is 0 Å². The number of para-hydroxylation sites is 1. The van der Waals surface area contributed by atoms with E-state index in [0.717, 1.165) is 0 Å². The van der Waals surface area contributed by atoms with Crippen LogP contribution in [0.4, 0.5) is 10.1 Å². The van der Waals surface area contributed by atoms with Gasteiger partial charge in [-0.05, 0) is 19.1 Å². The summed E-state index contributed by atoms with van der Waals surface area (Å²) < 4.78 is 13.6. The fourth-order valence-corrected chi connectivity index (χ4v) is 1.84. The second kappa shape index (κ2) is 4.53. The predicted octanol–water partition coefficient (Wildman–Crippen LogP) is 1.07. The largest absolute Gasteiger partial charge is 0.345 e. The first-order chi connectivity index (χ1) is 8.09. The summed E-state index contributed by atoms with van der Waals surface area (Å²) in [6.45, 7) is 1.80. The molecule has 1 aliphatic heterocycles. The van der Waals surface area contributed by atoms with Crippen LogP contribution in [0, 0.1) is 5.82 Å². The Labute approximate surface area is 98.4 Å². The van der Waals surface area contributed by atoms with Gasteiger partial charge >= 0.3 is 0 Å². The molecular formula is C12H13FN2O2. The van der Waals surface area contributed by atoms with Gasteiger partial charge in [0.2, 0.25) is 11.8 Å². The molecule has 1 atom stereocenters. The van der Waals surface area contributed by atoms with Crippen LogP contribution in [0.1, 0.15) is 13.3 Å². The third-order valence-corrected chi connectivity index (χ3v) is 2.72. The van der Waals surface area contributed by atoms with Crippen molar-refractivity contribution in [2.24, 2.45) is 0 Å². The Bertz CT molecular complexity index is 462. The highest BCUT2D eigenvalue weighted by molar-refractivity contribution is 6.01. The summed E-state index contributed by atoms with van der Waals surface area (Å²) >= 11 is 0. The van der Waals surface area contributed by atoms with Gasteiger partial charge < -0.3 is 10.2 Å². The molecule has 1 aromatic rings. The van der Waals surface area contributed by atoms with Crippen LogP contribution >= 0.6 is 0 Å². The van der Waals surface area contributed by atoms with Crippen molar-refractivity contribution >= 4 is 17.5 Å². The number of carbonyl (C=O) groups is 2. The molecule has 1 fully saturated rings. The summed E-state index contributed by atoms with van der Waals surface area (Å²) in [6.07, 6.45) is 0.185. The highest BCUT2D eigenvalue weighted by atomic mass is 19.1. The minimum Gasteiger partial charge on any atom is -0.345 e. The first-order valence-corrected chi connectivity index (χ1v) is 5.45. The zero-order valence-corrected chi connectivity index (χ0v) is 9.44. The molecule has 2 rings (SSSR count). The quantitative estimate of drug-likeness (QED) is 0.792. The summed E-state index contributed by atoms with van der Waals surface area (Å²) in [5.41, 5.74) is 0.223. The van der Waals surface area contributed by atoms with Crippen molar-refractivity contribution in [1.82, 2.24) is 5.32 Å². The van der Waals surface area contributed by atoms with Gasteiger partial charge in [0.25, 0.3) is 0 Å². The number of anilines is 1. The Morgan fingerprint density at radius 2 is 2.06 bits per heavy atom. The molecule has 2 amide bonds. The first-order valence-electron chi connectivity index (χ1n) is 5.45. The Morgan fingerprint density at radius 3 is 2.76 bits per heavy atom. The number of nitrogens with one attached hydrogen (secondary N) is 1. The maximum absolute atomic E-state index is 13.6. The van der Waals surface area contributed by atoms with Gasteiger partial charge in [-0.2, -0.15) is 0 Å². The molecule has 17 heavy (non-hydrogen) atoms. The zero-order valence-electron chi connectivity index (χ0n) is 9.44. The Hall–Kier alpha value is -1.91. The number of halogens is 1. The van der Waals surface area contributed by atoms with Crippen LogP contribution in [-0.2, 0) is 9.59 Å². The van der Waals surface area contributed by atoms with Crippen LogP contribution in [0.2, 0.25) is 0 Å². The molecule has 1 aromatic carbocycles. The lowest BCUT2D eigenvalue weighted by Crippen LogP contribution is -2.43. The molecule has 0 spiro atoms. The molecule has 5 heteroatoms. The van der Waals surface area contributed by atoms with Crippen LogP contribution < -0.4 is 10.2 Å². The fourth-order valence-electron chi connectivity index (χ4n) is 1.84. The second-order valence-electron chi connectivity index (χ2n) is 3.98. The minimum absolute atomic E-state index is 0.185. The molecule has 1 heterocycles. The van der Waals surface area contributed by atoms with Crippen LogP contribution in [0.15, 0.2) is 24.3 Å². The Morgan fingerprint density at radius 1 is 1.35 bits per heavy atom. The topological polar surface area (TPSA) is 49.4 Å².